The second kappa shape index (κ2) is 6.24. The molecule has 0 radical (unpaired) electrons. The molecule has 0 amide bonds. The first-order valence-corrected chi connectivity index (χ1v) is 7.18. The average Bonchev–Trinajstić information content (AvgIpc) is 2.54. The van der Waals surface area contributed by atoms with E-state index in [0.29, 0.717) is 19.8 Å². The highest BCUT2D eigenvalue weighted by Gasteiger charge is 2.17. The highest BCUT2D eigenvalue weighted by molar-refractivity contribution is 6.10. The first kappa shape index (κ1) is 14.0. The van der Waals surface area contributed by atoms with Gasteiger partial charge in [0.1, 0.15) is 5.75 Å². The number of Topliss-reactive ketones (excluding diaryl/α,β-unsaturated/α-hetero) is 1. The van der Waals surface area contributed by atoms with Crippen molar-refractivity contribution in [3.8, 4) is 5.75 Å². The standard InChI is InChI=1S/C17H19NO3/c1-20-17-7-6-14(13-4-2-3-5-15(13)17)16(19)12-18-8-10-21-11-9-18/h2-7H,8-12H2,1H3. The first-order chi connectivity index (χ1) is 10.3. The van der Waals surface area contributed by atoms with Crippen LogP contribution in [0.2, 0.25) is 0 Å². The summed E-state index contributed by atoms with van der Waals surface area (Å²) in [6.45, 7) is 3.49. The minimum absolute atomic E-state index is 0.149. The van der Waals surface area contributed by atoms with E-state index in [4.69, 9.17) is 9.47 Å². The lowest BCUT2D eigenvalue weighted by Gasteiger charge is -2.26. The van der Waals surface area contributed by atoms with Gasteiger partial charge in [0.15, 0.2) is 5.78 Å². The van der Waals surface area contributed by atoms with Crippen molar-refractivity contribution in [1.29, 1.82) is 0 Å². The second-order valence-corrected chi connectivity index (χ2v) is 5.17. The molecule has 2 aromatic carbocycles. The van der Waals surface area contributed by atoms with Gasteiger partial charge in [0, 0.05) is 24.0 Å². The highest BCUT2D eigenvalue weighted by Crippen LogP contribution is 2.28. The van der Waals surface area contributed by atoms with Crippen LogP contribution >= 0.6 is 0 Å². The molecule has 1 heterocycles. The minimum Gasteiger partial charge on any atom is -0.496 e. The molecule has 1 saturated heterocycles. The van der Waals surface area contributed by atoms with Gasteiger partial charge in [-0.15, -0.1) is 0 Å². The summed E-state index contributed by atoms with van der Waals surface area (Å²) in [6, 6.07) is 11.6. The molecule has 0 N–H and O–H groups in total. The van der Waals surface area contributed by atoms with Crippen molar-refractivity contribution in [2.24, 2.45) is 0 Å². The van der Waals surface area contributed by atoms with Crippen molar-refractivity contribution < 1.29 is 14.3 Å². The summed E-state index contributed by atoms with van der Waals surface area (Å²) in [5, 5.41) is 1.93. The molecule has 1 aliphatic rings. The van der Waals surface area contributed by atoms with E-state index in [-0.39, 0.29) is 5.78 Å². The number of hydrogen-bond donors (Lipinski definition) is 0. The van der Waals surface area contributed by atoms with Gasteiger partial charge in [-0.2, -0.15) is 0 Å². The van der Waals surface area contributed by atoms with Crippen molar-refractivity contribution >= 4 is 16.6 Å². The molecule has 4 heteroatoms. The zero-order chi connectivity index (χ0) is 14.7. The van der Waals surface area contributed by atoms with Crippen molar-refractivity contribution in [2.75, 3.05) is 40.0 Å². The fourth-order valence-corrected chi connectivity index (χ4v) is 2.74. The van der Waals surface area contributed by atoms with E-state index in [1.54, 1.807) is 7.11 Å². The Morgan fingerprint density at radius 1 is 1.14 bits per heavy atom. The summed E-state index contributed by atoms with van der Waals surface area (Å²) in [6.07, 6.45) is 0. The van der Waals surface area contributed by atoms with Gasteiger partial charge in [0.2, 0.25) is 0 Å². The smallest absolute Gasteiger partial charge is 0.177 e. The van der Waals surface area contributed by atoms with Crippen LogP contribution in [-0.2, 0) is 4.74 Å². The van der Waals surface area contributed by atoms with E-state index < -0.39 is 0 Å². The lowest BCUT2D eigenvalue weighted by molar-refractivity contribution is 0.0371. The Morgan fingerprint density at radius 2 is 1.86 bits per heavy atom. The van der Waals surface area contributed by atoms with Gasteiger partial charge in [0.25, 0.3) is 0 Å². The number of benzene rings is 2. The van der Waals surface area contributed by atoms with Crippen molar-refractivity contribution in [1.82, 2.24) is 4.90 Å². The second-order valence-electron chi connectivity index (χ2n) is 5.17. The maximum absolute atomic E-state index is 12.6. The number of ether oxygens (including phenoxy) is 2. The van der Waals surface area contributed by atoms with E-state index in [0.717, 1.165) is 35.2 Å². The van der Waals surface area contributed by atoms with Crippen LogP contribution in [0.3, 0.4) is 0 Å². The number of methoxy groups -OCH3 is 1. The lowest BCUT2D eigenvalue weighted by atomic mass is 10.00. The highest BCUT2D eigenvalue weighted by atomic mass is 16.5. The van der Waals surface area contributed by atoms with E-state index in [1.807, 2.05) is 36.4 Å². The molecule has 21 heavy (non-hydrogen) atoms. The molecule has 3 rings (SSSR count). The number of hydrogen-bond acceptors (Lipinski definition) is 4. The third-order valence-electron chi connectivity index (χ3n) is 3.88. The Bertz CT molecular complexity index is 648. The monoisotopic (exact) mass is 285 g/mol. The molecule has 0 atom stereocenters. The molecule has 4 nitrogen and oxygen atoms in total. The van der Waals surface area contributed by atoms with Crippen LogP contribution in [0.4, 0.5) is 0 Å². The van der Waals surface area contributed by atoms with Crippen LogP contribution < -0.4 is 4.74 Å². The molecular weight excluding hydrogens is 266 g/mol. The van der Waals surface area contributed by atoms with Gasteiger partial charge in [-0.1, -0.05) is 24.3 Å². The van der Waals surface area contributed by atoms with Gasteiger partial charge in [-0.3, -0.25) is 9.69 Å². The number of fused-ring (bicyclic) bond motifs is 1. The van der Waals surface area contributed by atoms with E-state index in [2.05, 4.69) is 4.90 Å². The van der Waals surface area contributed by atoms with Crippen LogP contribution in [0.25, 0.3) is 10.8 Å². The number of morpholine rings is 1. The molecular formula is C17H19NO3. The fraction of sp³-hybridized carbons (Fsp3) is 0.353. The molecule has 0 unspecified atom stereocenters. The van der Waals surface area contributed by atoms with Crippen LogP contribution in [0.15, 0.2) is 36.4 Å². The van der Waals surface area contributed by atoms with Gasteiger partial charge >= 0.3 is 0 Å². The Morgan fingerprint density at radius 3 is 2.57 bits per heavy atom. The Labute approximate surface area is 124 Å². The normalized spacial score (nSPS) is 16.0. The SMILES string of the molecule is COc1ccc(C(=O)CN2CCOCC2)c2ccccc12. The van der Waals surface area contributed by atoms with Crippen molar-refractivity contribution in [3.05, 3.63) is 42.0 Å². The molecule has 2 aromatic rings. The van der Waals surface area contributed by atoms with Crippen LogP contribution in [0, 0.1) is 0 Å². The average molecular weight is 285 g/mol. The quantitative estimate of drug-likeness (QED) is 0.808. The molecule has 110 valence electrons. The van der Waals surface area contributed by atoms with E-state index in [1.165, 1.54) is 0 Å². The summed E-state index contributed by atoms with van der Waals surface area (Å²) in [5.41, 5.74) is 0.762. The van der Waals surface area contributed by atoms with E-state index in [9.17, 15) is 4.79 Å². The van der Waals surface area contributed by atoms with Gasteiger partial charge in [-0.05, 0) is 17.5 Å². The Balaban J connectivity index is 1.91. The molecule has 0 aromatic heterocycles. The summed E-state index contributed by atoms with van der Waals surface area (Å²) in [5.74, 6) is 0.948. The molecule has 0 saturated carbocycles. The summed E-state index contributed by atoms with van der Waals surface area (Å²) >= 11 is 0. The van der Waals surface area contributed by atoms with Gasteiger partial charge in [-0.25, -0.2) is 0 Å². The summed E-state index contributed by atoms with van der Waals surface area (Å²) in [7, 11) is 1.65. The third kappa shape index (κ3) is 2.91. The zero-order valence-electron chi connectivity index (χ0n) is 12.2. The number of nitrogens with zero attached hydrogens (tertiary/aromatic N) is 1. The lowest BCUT2D eigenvalue weighted by Crippen LogP contribution is -2.39. The Kier molecular flexibility index (Phi) is 4.18. The van der Waals surface area contributed by atoms with Crippen LogP contribution in [0.1, 0.15) is 10.4 Å². The number of rotatable bonds is 4. The maximum atomic E-state index is 12.6. The van der Waals surface area contributed by atoms with Crippen molar-refractivity contribution in [2.45, 2.75) is 0 Å². The topological polar surface area (TPSA) is 38.8 Å². The molecule has 0 aliphatic carbocycles. The van der Waals surface area contributed by atoms with Crippen LogP contribution in [0.5, 0.6) is 5.75 Å². The molecule has 1 aliphatic heterocycles. The summed E-state index contributed by atoms with van der Waals surface area (Å²) < 4.78 is 10.7. The number of carbonyl (C=O) groups excluding carboxylic acids is 1. The molecule has 0 bridgehead atoms. The number of carbonyl (C=O) groups is 1. The third-order valence-corrected chi connectivity index (χ3v) is 3.88. The fourth-order valence-electron chi connectivity index (χ4n) is 2.74. The number of ketones is 1. The first-order valence-electron chi connectivity index (χ1n) is 7.18. The minimum atomic E-state index is 0.149. The Hall–Kier alpha value is -1.91. The molecule has 1 fully saturated rings. The predicted molar refractivity (Wildman–Crippen MR) is 82.1 cm³/mol. The largest absolute Gasteiger partial charge is 0.496 e. The maximum Gasteiger partial charge on any atom is 0.177 e. The zero-order valence-corrected chi connectivity index (χ0v) is 12.2. The van der Waals surface area contributed by atoms with Crippen LogP contribution in [-0.4, -0.2) is 50.6 Å². The molecule has 0 spiro atoms. The summed E-state index contributed by atoms with van der Waals surface area (Å²) in [4.78, 5) is 14.7. The van der Waals surface area contributed by atoms with Gasteiger partial charge < -0.3 is 9.47 Å². The van der Waals surface area contributed by atoms with Crippen molar-refractivity contribution in [3.63, 3.8) is 0 Å². The predicted octanol–water partition coefficient (Wildman–Crippen LogP) is 2.36. The van der Waals surface area contributed by atoms with E-state index >= 15 is 0 Å². The van der Waals surface area contributed by atoms with Gasteiger partial charge in [0.05, 0.1) is 26.9 Å².